The maximum Gasteiger partial charge on any atom is 0.143 e. The van der Waals surface area contributed by atoms with Crippen LogP contribution in [-0.4, -0.2) is 15.9 Å². The Balaban J connectivity index is 2.83. The highest BCUT2D eigenvalue weighted by Crippen LogP contribution is 2.18. The number of hydrazine groups is 1. The summed E-state index contributed by atoms with van der Waals surface area (Å²) >= 11 is 0. The second-order valence-corrected chi connectivity index (χ2v) is 3.54. The Hall–Kier alpha value is -1.07. The molecule has 0 fully saturated rings. The van der Waals surface area contributed by atoms with Crippen molar-refractivity contribution in [3.8, 4) is 0 Å². The lowest BCUT2D eigenvalue weighted by molar-refractivity contribution is 0.0657. The van der Waals surface area contributed by atoms with Gasteiger partial charge < -0.3 is 10.2 Å². The fourth-order valence-corrected chi connectivity index (χ4v) is 1.31. The molecule has 0 atom stereocenters. The molecule has 0 unspecified atom stereocenters. The van der Waals surface area contributed by atoms with Crippen LogP contribution in [-0.2, 0) is 18.4 Å². The van der Waals surface area contributed by atoms with Gasteiger partial charge in [0.1, 0.15) is 5.82 Å². The van der Waals surface area contributed by atoms with E-state index in [1.54, 1.807) is 4.68 Å². The van der Waals surface area contributed by atoms with Crippen molar-refractivity contribution in [3.05, 3.63) is 11.3 Å². The Morgan fingerprint density at radius 2 is 2.21 bits per heavy atom. The van der Waals surface area contributed by atoms with Crippen LogP contribution >= 0.6 is 0 Å². The van der Waals surface area contributed by atoms with Gasteiger partial charge in [-0.05, 0) is 20.8 Å². The SMILES string of the molecule is Cc1nn(C)c(NN)c1COC(C)C. The average molecular weight is 198 g/mol. The van der Waals surface area contributed by atoms with E-state index in [0.29, 0.717) is 6.61 Å². The van der Waals surface area contributed by atoms with Crippen molar-refractivity contribution in [3.63, 3.8) is 0 Å². The van der Waals surface area contributed by atoms with Gasteiger partial charge in [0.25, 0.3) is 0 Å². The fraction of sp³-hybridized carbons (Fsp3) is 0.667. The quantitative estimate of drug-likeness (QED) is 0.558. The number of nitrogens with zero attached hydrogens (tertiary/aromatic N) is 2. The van der Waals surface area contributed by atoms with Crippen LogP contribution in [0, 0.1) is 6.92 Å². The maximum absolute atomic E-state index is 5.52. The minimum Gasteiger partial charge on any atom is -0.374 e. The number of nitrogen functional groups attached to an aromatic ring is 1. The molecule has 3 N–H and O–H groups in total. The summed E-state index contributed by atoms with van der Waals surface area (Å²) in [5.41, 5.74) is 4.59. The normalized spacial score (nSPS) is 11.0. The van der Waals surface area contributed by atoms with Crippen LogP contribution in [0.25, 0.3) is 0 Å². The molecule has 1 aromatic heterocycles. The summed E-state index contributed by atoms with van der Waals surface area (Å²) < 4.78 is 7.23. The smallest absolute Gasteiger partial charge is 0.143 e. The number of rotatable bonds is 4. The van der Waals surface area contributed by atoms with Crippen molar-refractivity contribution in [1.82, 2.24) is 9.78 Å². The highest BCUT2D eigenvalue weighted by Gasteiger charge is 2.12. The van der Waals surface area contributed by atoms with Crippen molar-refractivity contribution in [2.45, 2.75) is 33.5 Å². The molecule has 5 heteroatoms. The number of hydrogen-bond acceptors (Lipinski definition) is 4. The van der Waals surface area contributed by atoms with Gasteiger partial charge in [-0.2, -0.15) is 5.10 Å². The predicted octanol–water partition coefficient (Wildman–Crippen LogP) is 0.939. The van der Waals surface area contributed by atoms with Crippen LogP contribution in [0.3, 0.4) is 0 Å². The average Bonchev–Trinajstić information content (AvgIpc) is 2.36. The van der Waals surface area contributed by atoms with Gasteiger partial charge in [-0.25, -0.2) is 5.84 Å². The van der Waals surface area contributed by atoms with E-state index in [-0.39, 0.29) is 6.10 Å². The summed E-state index contributed by atoms with van der Waals surface area (Å²) in [6, 6.07) is 0. The molecule has 0 aliphatic rings. The predicted molar refractivity (Wildman–Crippen MR) is 55.7 cm³/mol. The summed E-state index contributed by atoms with van der Waals surface area (Å²) in [6.45, 7) is 6.49. The monoisotopic (exact) mass is 198 g/mol. The van der Waals surface area contributed by atoms with E-state index in [1.807, 2.05) is 27.8 Å². The van der Waals surface area contributed by atoms with Gasteiger partial charge >= 0.3 is 0 Å². The number of anilines is 1. The largest absolute Gasteiger partial charge is 0.374 e. The number of aromatic nitrogens is 2. The van der Waals surface area contributed by atoms with Gasteiger partial charge in [0.05, 0.1) is 18.4 Å². The van der Waals surface area contributed by atoms with Crippen LogP contribution in [0.1, 0.15) is 25.1 Å². The van der Waals surface area contributed by atoms with E-state index < -0.39 is 0 Å². The molecule has 0 aliphatic carbocycles. The molecule has 1 aromatic rings. The lowest BCUT2D eigenvalue weighted by Crippen LogP contribution is -2.13. The topological polar surface area (TPSA) is 65.1 Å². The lowest BCUT2D eigenvalue weighted by Gasteiger charge is -2.08. The van der Waals surface area contributed by atoms with E-state index in [1.165, 1.54) is 0 Å². The standard InChI is InChI=1S/C9H18N4O/c1-6(2)14-5-8-7(3)12-13(4)9(8)11-10/h6,11H,5,10H2,1-4H3. The summed E-state index contributed by atoms with van der Waals surface area (Å²) in [4.78, 5) is 0. The summed E-state index contributed by atoms with van der Waals surface area (Å²) in [5, 5.41) is 4.25. The Morgan fingerprint density at radius 3 is 2.71 bits per heavy atom. The molecule has 0 saturated carbocycles. The first-order chi connectivity index (χ1) is 6.56. The van der Waals surface area contributed by atoms with Gasteiger partial charge in [-0.1, -0.05) is 0 Å². The van der Waals surface area contributed by atoms with Crippen molar-refractivity contribution in [2.75, 3.05) is 5.43 Å². The third kappa shape index (κ3) is 2.24. The highest BCUT2D eigenvalue weighted by atomic mass is 16.5. The van der Waals surface area contributed by atoms with Gasteiger partial charge in [-0.15, -0.1) is 0 Å². The minimum atomic E-state index is 0.209. The van der Waals surface area contributed by atoms with Crippen molar-refractivity contribution in [1.29, 1.82) is 0 Å². The molecule has 14 heavy (non-hydrogen) atoms. The molecule has 0 radical (unpaired) electrons. The maximum atomic E-state index is 5.52. The molecule has 1 heterocycles. The molecule has 0 amide bonds. The summed E-state index contributed by atoms with van der Waals surface area (Å²) in [7, 11) is 1.85. The van der Waals surface area contributed by atoms with Gasteiger partial charge in [-0.3, -0.25) is 4.68 Å². The zero-order valence-electron chi connectivity index (χ0n) is 9.16. The lowest BCUT2D eigenvalue weighted by atomic mass is 10.2. The Morgan fingerprint density at radius 1 is 1.57 bits per heavy atom. The van der Waals surface area contributed by atoms with Crippen LogP contribution in [0.15, 0.2) is 0 Å². The number of nitrogens with two attached hydrogens (primary N) is 1. The molecule has 0 saturated heterocycles. The second-order valence-electron chi connectivity index (χ2n) is 3.54. The first kappa shape index (κ1) is 11.0. The number of ether oxygens (including phenoxy) is 1. The molecule has 0 aliphatic heterocycles. The number of nitrogens with one attached hydrogen (secondary N) is 1. The molecule has 80 valence electrons. The second kappa shape index (κ2) is 4.43. The highest BCUT2D eigenvalue weighted by molar-refractivity contribution is 5.45. The Bertz CT molecular complexity index is 306. The van der Waals surface area contributed by atoms with Crippen molar-refractivity contribution in [2.24, 2.45) is 12.9 Å². The van der Waals surface area contributed by atoms with Crippen LogP contribution in [0.5, 0.6) is 0 Å². The zero-order valence-corrected chi connectivity index (χ0v) is 9.16. The summed E-state index contributed by atoms with van der Waals surface area (Å²) in [5.74, 6) is 6.21. The third-order valence-electron chi connectivity index (χ3n) is 2.04. The van der Waals surface area contributed by atoms with E-state index in [4.69, 9.17) is 10.6 Å². The first-order valence-electron chi connectivity index (χ1n) is 4.67. The number of aryl methyl sites for hydroxylation is 2. The molecular weight excluding hydrogens is 180 g/mol. The Labute approximate surface area is 84.2 Å². The molecule has 0 bridgehead atoms. The van der Waals surface area contributed by atoms with E-state index >= 15 is 0 Å². The van der Waals surface area contributed by atoms with E-state index in [2.05, 4.69) is 10.5 Å². The molecule has 0 aromatic carbocycles. The van der Waals surface area contributed by atoms with Crippen molar-refractivity contribution < 1.29 is 4.74 Å². The van der Waals surface area contributed by atoms with Gasteiger partial charge in [0.2, 0.25) is 0 Å². The zero-order chi connectivity index (χ0) is 10.7. The molecule has 5 nitrogen and oxygen atoms in total. The van der Waals surface area contributed by atoms with E-state index in [0.717, 1.165) is 17.1 Å². The van der Waals surface area contributed by atoms with Gasteiger partial charge in [0.15, 0.2) is 0 Å². The Kier molecular flexibility index (Phi) is 3.49. The van der Waals surface area contributed by atoms with Crippen LogP contribution in [0.2, 0.25) is 0 Å². The van der Waals surface area contributed by atoms with Gasteiger partial charge in [0, 0.05) is 12.6 Å². The fourth-order valence-electron chi connectivity index (χ4n) is 1.31. The van der Waals surface area contributed by atoms with E-state index in [9.17, 15) is 0 Å². The summed E-state index contributed by atoms with van der Waals surface area (Å²) in [6.07, 6.45) is 0.209. The number of hydrogen-bond donors (Lipinski definition) is 2. The minimum absolute atomic E-state index is 0.209. The van der Waals surface area contributed by atoms with Crippen molar-refractivity contribution >= 4 is 5.82 Å². The molecule has 0 spiro atoms. The third-order valence-corrected chi connectivity index (χ3v) is 2.04. The van der Waals surface area contributed by atoms with Crippen LogP contribution in [0.4, 0.5) is 5.82 Å². The molecular formula is C9H18N4O. The first-order valence-corrected chi connectivity index (χ1v) is 4.67. The molecule has 1 rings (SSSR count). The van der Waals surface area contributed by atoms with Crippen LogP contribution < -0.4 is 11.3 Å².